The van der Waals surface area contributed by atoms with Crippen LogP contribution < -0.4 is 5.32 Å². The predicted molar refractivity (Wildman–Crippen MR) is 103 cm³/mol. The SMILES string of the molecule is BC1(C(=O)Nc2ncc(-c3ccc4cnc(F)cc4c3)s2)CCCOC1. The maximum absolute atomic E-state index is 13.4. The number of benzene rings is 1. The molecular formula is C18H17BFN3O2S. The lowest BCUT2D eigenvalue weighted by molar-refractivity contribution is -0.122. The summed E-state index contributed by atoms with van der Waals surface area (Å²) in [6.07, 6.45) is 4.93. The van der Waals surface area contributed by atoms with E-state index in [4.69, 9.17) is 4.74 Å². The van der Waals surface area contributed by atoms with Crippen LogP contribution in [0, 0.1) is 5.95 Å². The van der Waals surface area contributed by atoms with Crippen LogP contribution in [-0.2, 0) is 9.53 Å². The maximum Gasteiger partial charge on any atom is 0.226 e. The Morgan fingerprint density at radius 1 is 1.27 bits per heavy atom. The Kier molecular flexibility index (Phi) is 4.46. The molecule has 1 unspecified atom stereocenters. The Balaban J connectivity index is 1.55. The molecule has 0 spiro atoms. The Hall–Kier alpha value is -2.32. The van der Waals surface area contributed by atoms with Crippen molar-refractivity contribution in [1.82, 2.24) is 9.97 Å². The van der Waals surface area contributed by atoms with Crippen molar-refractivity contribution in [3.8, 4) is 10.4 Å². The predicted octanol–water partition coefficient (Wildman–Crippen LogP) is 3.04. The highest BCUT2D eigenvalue weighted by Crippen LogP contribution is 2.36. The van der Waals surface area contributed by atoms with Crippen molar-refractivity contribution in [2.24, 2.45) is 0 Å². The molecule has 1 aromatic carbocycles. The number of anilines is 1. The van der Waals surface area contributed by atoms with Crippen molar-refractivity contribution in [3.63, 3.8) is 0 Å². The molecule has 3 heterocycles. The fourth-order valence-electron chi connectivity index (χ4n) is 3.09. The number of hydrogen-bond acceptors (Lipinski definition) is 5. The first-order valence-electron chi connectivity index (χ1n) is 8.44. The number of pyridine rings is 1. The zero-order chi connectivity index (χ0) is 18.1. The summed E-state index contributed by atoms with van der Waals surface area (Å²) in [6.45, 7) is 1.14. The number of aromatic nitrogens is 2. The number of hydrogen-bond donors (Lipinski definition) is 1. The number of rotatable bonds is 3. The number of nitrogens with zero attached hydrogens (tertiary/aromatic N) is 2. The van der Waals surface area contributed by atoms with Crippen LogP contribution in [0.5, 0.6) is 0 Å². The van der Waals surface area contributed by atoms with Gasteiger partial charge >= 0.3 is 0 Å². The first-order valence-corrected chi connectivity index (χ1v) is 9.26. The number of amides is 1. The fourth-order valence-corrected chi connectivity index (χ4v) is 3.90. The van der Waals surface area contributed by atoms with Crippen LogP contribution in [0.15, 0.2) is 36.7 Å². The molecule has 4 rings (SSSR count). The second-order valence-corrected chi connectivity index (χ2v) is 7.80. The van der Waals surface area contributed by atoms with Gasteiger partial charge in [0.05, 0.1) is 11.5 Å². The van der Waals surface area contributed by atoms with Crippen molar-refractivity contribution in [3.05, 3.63) is 42.6 Å². The number of halogens is 1. The molecule has 0 bridgehead atoms. The molecule has 3 aromatic rings. The monoisotopic (exact) mass is 369 g/mol. The van der Waals surface area contributed by atoms with Crippen LogP contribution in [0.4, 0.5) is 9.52 Å². The van der Waals surface area contributed by atoms with E-state index in [-0.39, 0.29) is 5.91 Å². The number of carbonyl (C=O) groups excluding carboxylic acids is 1. The van der Waals surface area contributed by atoms with Gasteiger partial charge in [0.15, 0.2) is 5.13 Å². The lowest BCUT2D eigenvalue weighted by Crippen LogP contribution is -2.37. The van der Waals surface area contributed by atoms with Crippen molar-refractivity contribution >= 4 is 41.0 Å². The molecule has 1 aliphatic rings. The second kappa shape index (κ2) is 6.77. The van der Waals surface area contributed by atoms with Crippen LogP contribution in [0.1, 0.15) is 12.8 Å². The zero-order valence-corrected chi connectivity index (χ0v) is 15.1. The fraction of sp³-hybridized carbons (Fsp3) is 0.278. The molecule has 1 atom stereocenters. The molecule has 1 saturated heterocycles. The Morgan fingerprint density at radius 2 is 2.15 bits per heavy atom. The molecule has 2 aromatic heterocycles. The van der Waals surface area contributed by atoms with Crippen LogP contribution in [0.25, 0.3) is 21.2 Å². The van der Waals surface area contributed by atoms with Crippen molar-refractivity contribution in [2.45, 2.75) is 18.2 Å². The van der Waals surface area contributed by atoms with Crippen LogP contribution in [0.3, 0.4) is 0 Å². The summed E-state index contributed by atoms with van der Waals surface area (Å²) in [5.41, 5.74) is 0.924. The second-order valence-electron chi connectivity index (χ2n) is 6.77. The molecule has 0 aliphatic carbocycles. The maximum atomic E-state index is 13.4. The topological polar surface area (TPSA) is 64.1 Å². The summed E-state index contributed by atoms with van der Waals surface area (Å²) in [5, 5.41) is 4.60. The number of fused-ring (bicyclic) bond motifs is 1. The van der Waals surface area contributed by atoms with Gasteiger partial charge in [-0.2, -0.15) is 4.39 Å². The third-order valence-corrected chi connectivity index (χ3v) is 5.65. The summed E-state index contributed by atoms with van der Waals surface area (Å²) in [5.74, 6) is -0.570. The first-order chi connectivity index (χ1) is 12.5. The van der Waals surface area contributed by atoms with Crippen LogP contribution in [0.2, 0.25) is 5.31 Å². The minimum atomic E-state index is -0.516. The minimum Gasteiger partial charge on any atom is -0.381 e. The van der Waals surface area contributed by atoms with Gasteiger partial charge in [0, 0.05) is 35.8 Å². The van der Waals surface area contributed by atoms with Gasteiger partial charge in [-0.15, -0.1) is 0 Å². The highest BCUT2D eigenvalue weighted by Gasteiger charge is 2.35. The molecule has 0 saturated carbocycles. The summed E-state index contributed by atoms with van der Waals surface area (Å²) in [7, 11) is 1.92. The molecule has 0 radical (unpaired) electrons. The average Bonchev–Trinajstić information content (AvgIpc) is 3.10. The van der Waals surface area contributed by atoms with E-state index >= 15 is 0 Å². The van der Waals surface area contributed by atoms with E-state index in [0.29, 0.717) is 18.3 Å². The lowest BCUT2D eigenvalue weighted by atomic mass is 9.65. The van der Waals surface area contributed by atoms with Gasteiger partial charge in [-0.05, 0) is 29.9 Å². The molecule has 132 valence electrons. The number of thiazole rings is 1. The summed E-state index contributed by atoms with van der Waals surface area (Å²) >= 11 is 1.40. The summed E-state index contributed by atoms with van der Waals surface area (Å²) in [4.78, 5) is 21.5. The third kappa shape index (κ3) is 3.34. The van der Waals surface area contributed by atoms with Gasteiger partial charge in [0.2, 0.25) is 11.9 Å². The van der Waals surface area contributed by atoms with E-state index < -0.39 is 11.3 Å². The van der Waals surface area contributed by atoms with Crippen molar-refractivity contribution in [1.29, 1.82) is 0 Å². The van der Waals surface area contributed by atoms with E-state index in [2.05, 4.69) is 15.3 Å². The molecule has 1 amide bonds. The van der Waals surface area contributed by atoms with Crippen LogP contribution >= 0.6 is 11.3 Å². The molecule has 1 aliphatic heterocycles. The first kappa shape index (κ1) is 17.1. The molecule has 8 heteroatoms. The van der Waals surface area contributed by atoms with Gasteiger partial charge in [-0.3, -0.25) is 4.79 Å². The molecule has 1 N–H and O–H groups in total. The zero-order valence-electron chi connectivity index (χ0n) is 14.3. The van der Waals surface area contributed by atoms with Gasteiger partial charge in [-0.1, -0.05) is 23.5 Å². The number of nitrogens with one attached hydrogen (secondary N) is 1. The van der Waals surface area contributed by atoms with Gasteiger partial charge in [0.1, 0.15) is 7.85 Å². The van der Waals surface area contributed by atoms with E-state index in [1.54, 1.807) is 6.20 Å². The highest BCUT2D eigenvalue weighted by molar-refractivity contribution is 7.19. The minimum absolute atomic E-state index is 0.0650. The van der Waals surface area contributed by atoms with Crippen LogP contribution in [-0.4, -0.2) is 36.9 Å². The molecule has 1 fully saturated rings. The average molecular weight is 369 g/mol. The van der Waals surface area contributed by atoms with Gasteiger partial charge in [0.25, 0.3) is 0 Å². The Bertz CT molecular complexity index is 972. The quantitative estimate of drug-likeness (QED) is 0.569. The smallest absolute Gasteiger partial charge is 0.226 e. The number of ether oxygens (including phenoxy) is 1. The van der Waals surface area contributed by atoms with E-state index in [1.165, 1.54) is 23.6 Å². The largest absolute Gasteiger partial charge is 0.381 e. The molecule has 5 nitrogen and oxygen atoms in total. The third-order valence-electron chi connectivity index (χ3n) is 4.69. The van der Waals surface area contributed by atoms with E-state index in [9.17, 15) is 9.18 Å². The Labute approximate surface area is 155 Å². The normalized spacial score (nSPS) is 20.2. The van der Waals surface area contributed by atoms with Gasteiger partial charge in [-0.25, -0.2) is 9.97 Å². The Morgan fingerprint density at radius 3 is 2.96 bits per heavy atom. The summed E-state index contributed by atoms with van der Waals surface area (Å²) in [6, 6.07) is 7.15. The van der Waals surface area contributed by atoms with Crippen molar-refractivity contribution < 1.29 is 13.9 Å². The molecule has 26 heavy (non-hydrogen) atoms. The van der Waals surface area contributed by atoms with Crippen molar-refractivity contribution in [2.75, 3.05) is 18.5 Å². The lowest BCUT2D eigenvalue weighted by Gasteiger charge is -2.31. The molecular weight excluding hydrogens is 352 g/mol. The highest BCUT2D eigenvalue weighted by atomic mass is 32.1. The standard InChI is InChI=1S/C18H17BFN3O2S/c19-18(4-1-5-25-10-18)16(24)23-17-22-9-14(26-17)11-2-3-12-8-21-15(20)7-13(12)6-11/h2-3,6-9H,1,4-5,10,19H2,(H,22,23,24). The van der Waals surface area contributed by atoms with E-state index in [0.717, 1.165) is 34.1 Å². The summed E-state index contributed by atoms with van der Waals surface area (Å²) < 4.78 is 18.8. The number of carbonyl (C=O) groups is 1. The van der Waals surface area contributed by atoms with Gasteiger partial charge < -0.3 is 10.1 Å². The van der Waals surface area contributed by atoms with E-state index in [1.807, 2.05) is 26.0 Å².